The number of carbonyl (C=O) groups is 3. The third-order valence-corrected chi connectivity index (χ3v) is 5.18. The molecule has 0 bridgehead atoms. The van der Waals surface area contributed by atoms with E-state index in [1.807, 2.05) is 4.90 Å². The Kier molecular flexibility index (Phi) is 5.42. The highest BCUT2D eigenvalue weighted by Crippen LogP contribution is 2.35. The fourth-order valence-electron chi connectivity index (χ4n) is 3.53. The van der Waals surface area contributed by atoms with E-state index in [1.165, 1.54) is 13.5 Å². The van der Waals surface area contributed by atoms with Crippen LogP contribution >= 0.6 is 0 Å². The number of likely N-dealkylation sites (tertiary alicyclic amines) is 1. The number of ether oxygens (including phenoxy) is 1. The second kappa shape index (κ2) is 7.11. The molecule has 0 radical (unpaired) electrons. The van der Waals surface area contributed by atoms with E-state index in [0.717, 1.165) is 12.8 Å². The molecule has 2 rings (SSSR count). The van der Waals surface area contributed by atoms with Gasteiger partial charge in [-0.05, 0) is 18.3 Å². The molecule has 1 N–H and O–H groups in total. The van der Waals surface area contributed by atoms with Crippen LogP contribution < -0.4 is 5.32 Å². The summed E-state index contributed by atoms with van der Waals surface area (Å²) in [5.41, 5.74) is 0. The first kappa shape index (κ1) is 16.8. The van der Waals surface area contributed by atoms with Crippen molar-refractivity contribution < 1.29 is 19.1 Å². The average Bonchev–Trinajstić information content (AvgIpc) is 2.89. The molecule has 2 aliphatic rings. The minimum atomic E-state index is -0.448. The highest BCUT2D eigenvalue weighted by atomic mass is 16.5. The lowest BCUT2D eigenvalue weighted by atomic mass is 9.77. The van der Waals surface area contributed by atoms with Crippen molar-refractivity contribution in [1.29, 1.82) is 0 Å². The first-order valence-corrected chi connectivity index (χ1v) is 8.10. The van der Waals surface area contributed by atoms with Gasteiger partial charge in [0.2, 0.25) is 5.91 Å². The van der Waals surface area contributed by atoms with Gasteiger partial charge in [0.15, 0.2) is 6.61 Å². The van der Waals surface area contributed by atoms with Crippen LogP contribution in [0.1, 0.15) is 39.5 Å². The summed E-state index contributed by atoms with van der Waals surface area (Å²) in [6.45, 7) is 4.56. The largest absolute Gasteiger partial charge is 0.455 e. The van der Waals surface area contributed by atoms with Crippen molar-refractivity contribution >= 4 is 17.8 Å². The van der Waals surface area contributed by atoms with Gasteiger partial charge in [0, 0.05) is 26.1 Å². The van der Waals surface area contributed by atoms with Crippen molar-refractivity contribution in [3.8, 4) is 0 Å². The van der Waals surface area contributed by atoms with Crippen LogP contribution in [0.4, 0.5) is 0 Å². The zero-order valence-corrected chi connectivity index (χ0v) is 13.6. The molecule has 0 spiro atoms. The molecule has 1 saturated heterocycles. The van der Waals surface area contributed by atoms with Crippen LogP contribution in [0.15, 0.2) is 0 Å². The molecule has 2 amide bonds. The van der Waals surface area contributed by atoms with E-state index >= 15 is 0 Å². The summed E-state index contributed by atoms with van der Waals surface area (Å²) in [6.07, 6.45) is 3.55. The summed E-state index contributed by atoms with van der Waals surface area (Å²) in [5, 5.41) is 2.40. The van der Waals surface area contributed by atoms with Crippen molar-refractivity contribution in [2.75, 3.05) is 20.2 Å². The number of likely N-dealkylation sites (N-methyl/N-ethyl adjacent to an activating group) is 1. The molecule has 6 heteroatoms. The van der Waals surface area contributed by atoms with Crippen molar-refractivity contribution in [2.45, 2.75) is 45.6 Å². The summed E-state index contributed by atoms with van der Waals surface area (Å²) >= 11 is 0. The highest BCUT2D eigenvalue weighted by molar-refractivity contribution is 5.88. The van der Waals surface area contributed by atoms with Gasteiger partial charge in [-0.3, -0.25) is 14.4 Å². The van der Waals surface area contributed by atoms with Crippen LogP contribution in [0.3, 0.4) is 0 Å². The molecule has 1 aliphatic heterocycles. The summed E-state index contributed by atoms with van der Waals surface area (Å²) < 4.78 is 4.98. The standard InChI is InChI=1S/C16H26N2O4/c1-10-5-4-6-13(11(10)2)18-8-12(7-15(18)20)16(21)22-9-14(19)17-3/h10-13H,4-9H2,1-3H3,(H,17,19)/t10-,11-,12-,13-/m1/s1. The number of hydrogen-bond acceptors (Lipinski definition) is 4. The molecule has 6 nitrogen and oxygen atoms in total. The molecule has 0 aromatic carbocycles. The van der Waals surface area contributed by atoms with Gasteiger partial charge >= 0.3 is 5.97 Å². The quantitative estimate of drug-likeness (QED) is 0.784. The van der Waals surface area contributed by atoms with Crippen LogP contribution in [-0.4, -0.2) is 48.9 Å². The fraction of sp³-hybridized carbons (Fsp3) is 0.812. The third-order valence-electron chi connectivity index (χ3n) is 5.18. The van der Waals surface area contributed by atoms with Crippen LogP contribution in [0, 0.1) is 17.8 Å². The van der Waals surface area contributed by atoms with Crippen molar-refractivity contribution in [2.24, 2.45) is 17.8 Å². The number of nitrogens with one attached hydrogen (secondary N) is 1. The first-order chi connectivity index (χ1) is 10.4. The average molecular weight is 310 g/mol. The topological polar surface area (TPSA) is 75.7 Å². The van der Waals surface area contributed by atoms with Gasteiger partial charge in [-0.1, -0.05) is 26.7 Å². The minimum Gasteiger partial charge on any atom is -0.455 e. The third kappa shape index (κ3) is 3.59. The number of nitrogens with zero attached hydrogens (tertiary/aromatic N) is 1. The molecule has 1 saturated carbocycles. The first-order valence-electron chi connectivity index (χ1n) is 8.10. The van der Waals surface area contributed by atoms with E-state index in [0.29, 0.717) is 18.4 Å². The number of carbonyl (C=O) groups excluding carboxylic acids is 3. The molecule has 0 aromatic heterocycles. The maximum absolute atomic E-state index is 12.3. The van der Waals surface area contributed by atoms with E-state index in [2.05, 4.69) is 19.2 Å². The fourth-order valence-corrected chi connectivity index (χ4v) is 3.53. The maximum atomic E-state index is 12.3. The lowest BCUT2D eigenvalue weighted by Gasteiger charge is -2.39. The molecule has 1 heterocycles. The lowest BCUT2D eigenvalue weighted by molar-refractivity contribution is -0.152. The van der Waals surface area contributed by atoms with E-state index in [4.69, 9.17) is 4.74 Å². The smallest absolute Gasteiger partial charge is 0.311 e. The van der Waals surface area contributed by atoms with Crippen LogP contribution in [0.25, 0.3) is 0 Å². The summed E-state index contributed by atoms with van der Waals surface area (Å²) in [7, 11) is 1.49. The zero-order chi connectivity index (χ0) is 16.3. The van der Waals surface area contributed by atoms with Gasteiger partial charge < -0.3 is 15.0 Å². The Morgan fingerprint density at radius 2 is 2.05 bits per heavy atom. The number of hydrogen-bond donors (Lipinski definition) is 1. The Balaban J connectivity index is 1.92. The summed E-state index contributed by atoms with van der Waals surface area (Å²) in [4.78, 5) is 37.3. The van der Waals surface area contributed by atoms with Crippen LogP contribution in [0.5, 0.6) is 0 Å². The molecule has 2 fully saturated rings. The molecule has 0 aromatic rings. The van der Waals surface area contributed by atoms with Crippen molar-refractivity contribution in [1.82, 2.24) is 10.2 Å². The van der Waals surface area contributed by atoms with Gasteiger partial charge in [-0.15, -0.1) is 0 Å². The van der Waals surface area contributed by atoms with Gasteiger partial charge in [0.1, 0.15) is 0 Å². The van der Waals surface area contributed by atoms with Gasteiger partial charge in [-0.2, -0.15) is 0 Å². The SMILES string of the molecule is CNC(=O)COC(=O)[C@@H]1CC(=O)N([C@@H]2CCC[C@@H](C)[C@H]2C)C1. The van der Waals surface area contributed by atoms with Gasteiger partial charge in [-0.25, -0.2) is 0 Å². The summed E-state index contributed by atoms with van der Waals surface area (Å²) in [5.74, 6) is -0.140. The molecule has 22 heavy (non-hydrogen) atoms. The monoisotopic (exact) mass is 310 g/mol. The van der Waals surface area contributed by atoms with E-state index < -0.39 is 11.9 Å². The predicted octanol–water partition coefficient (Wildman–Crippen LogP) is 0.949. The zero-order valence-electron chi connectivity index (χ0n) is 13.6. The number of amides is 2. The van der Waals surface area contributed by atoms with Crippen LogP contribution in [-0.2, 0) is 19.1 Å². The Morgan fingerprint density at radius 3 is 2.73 bits per heavy atom. The second-order valence-electron chi connectivity index (χ2n) is 6.56. The Hall–Kier alpha value is -1.59. The van der Waals surface area contributed by atoms with E-state index in [9.17, 15) is 14.4 Å². The predicted molar refractivity (Wildman–Crippen MR) is 80.8 cm³/mol. The molecule has 1 aliphatic carbocycles. The number of rotatable bonds is 4. The normalized spacial score (nSPS) is 32.0. The Morgan fingerprint density at radius 1 is 1.32 bits per heavy atom. The van der Waals surface area contributed by atoms with Crippen LogP contribution in [0.2, 0.25) is 0 Å². The molecule has 124 valence electrons. The van der Waals surface area contributed by atoms with Gasteiger partial charge in [0.05, 0.1) is 5.92 Å². The number of esters is 1. The molecule has 0 unspecified atom stereocenters. The van der Waals surface area contributed by atoms with Crippen molar-refractivity contribution in [3.63, 3.8) is 0 Å². The molecule has 4 atom stereocenters. The summed E-state index contributed by atoms with van der Waals surface area (Å²) in [6, 6.07) is 0.230. The second-order valence-corrected chi connectivity index (χ2v) is 6.56. The lowest BCUT2D eigenvalue weighted by Crippen LogP contribution is -2.45. The minimum absolute atomic E-state index is 0.0350. The van der Waals surface area contributed by atoms with Crippen molar-refractivity contribution in [3.05, 3.63) is 0 Å². The molecular weight excluding hydrogens is 284 g/mol. The molecular formula is C16H26N2O4. The van der Waals surface area contributed by atoms with Gasteiger partial charge in [0.25, 0.3) is 5.91 Å². The Bertz CT molecular complexity index is 451. The van der Waals surface area contributed by atoms with E-state index in [1.54, 1.807) is 0 Å². The van der Waals surface area contributed by atoms with E-state index in [-0.39, 0.29) is 30.9 Å². The maximum Gasteiger partial charge on any atom is 0.311 e. The highest BCUT2D eigenvalue weighted by Gasteiger charge is 2.42. The Labute approximate surface area is 131 Å².